The van der Waals surface area contributed by atoms with E-state index in [2.05, 4.69) is 41.3 Å². The first kappa shape index (κ1) is 19.3. The standard InChI is InChI=1S/C25H27NO4/c27-24(28)25(11-15-29-16-12-25)26-13-9-18(10-14-26)23-20-6-2-1-5-19(20)17-30-22-8-4-3-7-21(22)23/h1-8H,9-17H2,(H,27,28). The molecule has 0 saturated carbocycles. The number of para-hydroxylation sites is 1. The van der Waals surface area contributed by atoms with Crippen LogP contribution in [0.5, 0.6) is 5.75 Å². The summed E-state index contributed by atoms with van der Waals surface area (Å²) < 4.78 is 11.6. The van der Waals surface area contributed by atoms with Crippen LogP contribution < -0.4 is 4.74 Å². The number of hydrogen-bond donors (Lipinski definition) is 1. The second-order valence-electron chi connectivity index (χ2n) is 8.36. The highest BCUT2D eigenvalue weighted by atomic mass is 16.5. The number of nitrogens with zero attached hydrogens (tertiary/aromatic N) is 1. The molecule has 0 aromatic heterocycles. The molecular weight excluding hydrogens is 378 g/mol. The van der Waals surface area contributed by atoms with Crippen molar-refractivity contribution in [1.29, 1.82) is 0 Å². The van der Waals surface area contributed by atoms with E-state index >= 15 is 0 Å². The quantitative estimate of drug-likeness (QED) is 0.815. The Morgan fingerprint density at radius 2 is 1.60 bits per heavy atom. The highest BCUT2D eigenvalue weighted by Gasteiger charge is 2.46. The molecule has 0 amide bonds. The van der Waals surface area contributed by atoms with Crippen LogP contribution >= 0.6 is 0 Å². The molecule has 2 aromatic carbocycles. The lowest BCUT2D eigenvalue weighted by molar-refractivity contribution is -0.159. The minimum atomic E-state index is -0.781. The van der Waals surface area contributed by atoms with E-state index < -0.39 is 11.5 Å². The van der Waals surface area contributed by atoms with Gasteiger partial charge < -0.3 is 14.6 Å². The van der Waals surface area contributed by atoms with E-state index in [0.29, 0.717) is 32.7 Å². The maximum atomic E-state index is 12.2. The molecule has 2 aromatic rings. The molecule has 0 bridgehead atoms. The SMILES string of the molecule is O=C(O)C1(N2CCC(=C3c4ccccc4COc4ccccc43)CC2)CCOCC1. The Balaban J connectivity index is 1.52. The van der Waals surface area contributed by atoms with E-state index in [9.17, 15) is 9.90 Å². The number of piperidine rings is 1. The van der Waals surface area contributed by atoms with E-state index in [0.717, 1.165) is 37.2 Å². The monoisotopic (exact) mass is 405 g/mol. The molecule has 5 nitrogen and oxygen atoms in total. The van der Waals surface area contributed by atoms with Gasteiger partial charge in [-0.05, 0) is 48.4 Å². The molecule has 0 radical (unpaired) electrons. The predicted molar refractivity (Wildman–Crippen MR) is 114 cm³/mol. The van der Waals surface area contributed by atoms with Crippen molar-refractivity contribution in [2.75, 3.05) is 26.3 Å². The number of hydrogen-bond acceptors (Lipinski definition) is 4. The van der Waals surface area contributed by atoms with Gasteiger partial charge in [0.15, 0.2) is 0 Å². The number of likely N-dealkylation sites (tertiary alicyclic amines) is 1. The average molecular weight is 405 g/mol. The van der Waals surface area contributed by atoms with Gasteiger partial charge in [-0.25, -0.2) is 0 Å². The molecule has 3 heterocycles. The Hall–Kier alpha value is -2.63. The van der Waals surface area contributed by atoms with Crippen LogP contribution in [0.4, 0.5) is 0 Å². The summed E-state index contributed by atoms with van der Waals surface area (Å²) in [7, 11) is 0. The second-order valence-corrected chi connectivity index (χ2v) is 8.36. The van der Waals surface area contributed by atoms with Crippen LogP contribution in [0.2, 0.25) is 0 Å². The second kappa shape index (κ2) is 7.89. The molecule has 0 unspecified atom stereocenters. The lowest BCUT2D eigenvalue weighted by atomic mass is 9.83. The summed E-state index contributed by atoms with van der Waals surface area (Å²) >= 11 is 0. The number of rotatable bonds is 2. The number of ether oxygens (including phenoxy) is 2. The largest absolute Gasteiger partial charge is 0.488 e. The van der Waals surface area contributed by atoms with Crippen LogP contribution in [0.25, 0.3) is 5.57 Å². The Bertz CT molecular complexity index is 931. The molecule has 0 spiro atoms. The van der Waals surface area contributed by atoms with Crippen molar-refractivity contribution in [3.8, 4) is 5.75 Å². The minimum Gasteiger partial charge on any atom is -0.488 e. The van der Waals surface area contributed by atoms with Crippen LogP contribution in [0.1, 0.15) is 42.4 Å². The third-order valence-corrected chi connectivity index (χ3v) is 6.87. The van der Waals surface area contributed by atoms with E-state index in [1.54, 1.807) is 0 Å². The molecule has 30 heavy (non-hydrogen) atoms. The molecule has 5 heteroatoms. The Kier molecular flexibility index (Phi) is 5.09. The van der Waals surface area contributed by atoms with Crippen molar-refractivity contribution in [2.45, 2.75) is 37.8 Å². The number of carboxylic acids is 1. The van der Waals surface area contributed by atoms with Gasteiger partial charge in [-0.1, -0.05) is 48.0 Å². The van der Waals surface area contributed by atoms with Gasteiger partial charge in [-0.15, -0.1) is 0 Å². The van der Waals surface area contributed by atoms with Crippen LogP contribution in [0.3, 0.4) is 0 Å². The minimum absolute atomic E-state index is 0.523. The summed E-state index contributed by atoms with van der Waals surface area (Å²) in [4.78, 5) is 14.4. The van der Waals surface area contributed by atoms with Crippen LogP contribution in [-0.2, 0) is 16.1 Å². The van der Waals surface area contributed by atoms with Crippen LogP contribution in [0, 0.1) is 0 Å². The zero-order valence-corrected chi connectivity index (χ0v) is 17.1. The summed E-state index contributed by atoms with van der Waals surface area (Å²) in [6.07, 6.45) is 2.86. The smallest absolute Gasteiger partial charge is 0.324 e. The van der Waals surface area contributed by atoms with Crippen molar-refractivity contribution in [3.63, 3.8) is 0 Å². The summed E-state index contributed by atoms with van der Waals surface area (Å²) in [5, 5.41) is 10.0. The fraction of sp³-hybridized carbons (Fsp3) is 0.400. The van der Waals surface area contributed by atoms with Crippen LogP contribution in [0.15, 0.2) is 54.1 Å². The van der Waals surface area contributed by atoms with E-state index in [4.69, 9.17) is 9.47 Å². The molecule has 2 fully saturated rings. The number of benzene rings is 2. The average Bonchev–Trinajstić information content (AvgIpc) is 2.96. The molecule has 156 valence electrons. The van der Waals surface area contributed by atoms with E-state index in [-0.39, 0.29) is 0 Å². The number of carbonyl (C=O) groups is 1. The maximum absolute atomic E-state index is 12.2. The fourth-order valence-electron chi connectivity index (χ4n) is 5.20. The molecule has 5 rings (SSSR count). The Morgan fingerprint density at radius 3 is 2.33 bits per heavy atom. The molecule has 1 N–H and O–H groups in total. The molecule has 0 aliphatic carbocycles. The first-order valence-electron chi connectivity index (χ1n) is 10.8. The van der Waals surface area contributed by atoms with Crippen molar-refractivity contribution in [1.82, 2.24) is 4.90 Å². The van der Waals surface area contributed by atoms with Crippen molar-refractivity contribution in [3.05, 3.63) is 70.8 Å². The first-order chi connectivity index (χ1) is 14.7. The van der Waals surface area contributed by atoms with Gasteiger partial charge in [0, 0.05) is 31.9 Å². The van der Waals surface area contributed by atoms with Gasteiger partial charge in [-0.2, -0.15) is 0 Å². The molecule has 0 atom stereocenters. The van der Waals surface area contributed by atoms with E-state index in [1.165, 1.54) is 22.3 Å². The lowest BCUT2D eigenvalue weighted by Crippen LogP contribution is -2.59. The van der Waals surface area contributed by atoms with Gasteiger partial charge >= 0.3 is 5.97 Å². The Labute approximate surface area is 176 Å². The topological polar surface area (TPSA) is 59.0 Å². The van der Waals surface area contributed by atoms with Gasteiger partial charge in [0.2, 0.25) is 0 Å². The zero-order chi connectivity index (χ0) is 20.6. The highest BCUT2D eigenvalue weighted by molar-refractivity contribution is 5.87. The number of fused-ring (bicyclic) bond motifs is 2. The lowest BCUT2D eigenvalue weighted by Gasteiger charge is -2.45. The molecule has 3 aliphatic heterocycles. The van der Waals surface area contributed by atoms with Crippen LogP contribution in [-0.4, -0.2) is 47.8 Å². The maximum Gasteiger partial charge on any atom is 0.324 e. The Morgan fingerprint density at radius 1 is 0.933 bits per heavy atom. The summed E-state index contributed by atoms with van der Waals surface area (Å²) in [5.41, 5.74) is 5.47. The summed E-state index contributed by atoms with van der Waals surface area (Å²) in [6.45, 7) is 3.13. The fourth-order valence-corrected chi connectivity index (χ4v) is 5.20. The molecule has 2 saturated heterocycles. The van der Waals surface area contributed by atoms with E-state index in [1.807, 2.05) is 12.1 Å². The van der Waals surface area contributed by atoms with Crippen molar-refractivity contribution < 1.29 is 19.4 Å². The zero-order valence-electron chi connectivity index (χ0n) is 17.1. The summed E-state index contributed by atoms with van der Waals surface area (Å²) in [5.74, 6) is 0.213. The normalized spacial score (nSPS) is 21.2. The van der Waals surface area contributed by atoms with Gasteiger partial charge in [-0.3, -0.25) is 9.69 Å². The first-order valence-corrected chi connectivity index (χ1v) is 10.8. The van der Waals surface area contributed by atoms with Gasteiger partial charge in [0.1, 0.15) is 17.9 Å². The number of carboxylic acid groups (broad SMARTS) is 1. The molecular formula is C25H27NO4. The van der Waals surface area contributed by atoms with Gasteiger partial charge in [0.05, 0.1) is 0 Å². The van der Waals surface area contributed by atoms with Crippen molar-refractivity contribution in [2.24, 2.45) is 0 Å². The summed E-state index contributed by atoms with van der Waals surface area (Å²) in [6, 6.07) is 16.7. The van der Waals surface area contributed by atoms with Crippen molar-refractivity contribution >= 4 is 11.5 Å². The number of aliphatic carboxylic acids is 1. The van der Waals surface area contributed by atoms with Gasteiger partial charge in [0.25, 0.3) is 0 Å². The third kappa shape index (κ3) is 3.22. The molecule has 3 aliphatic rings. The third-order valence-electron chi connectivity index (χ3n) is 6.87. The highest BCUT2D eigenvalue weighted by Crippen LogP contribution is 2.42. The predicted octanol–water partition coefficient (Wildman–Crippen LogP) is 4.11.